The Morgan fingerprint density at radius 1 is 1.47 bits per heavy atom. The molecule has 1 rings (SSSR count). The first kappa shape index (κ1) is 12.9. The third kappa shape index (κ3) is 2.91. The zero-order chi connectivity index (χ0) is 13.2. The molecule has 0 unspecified atom stereocenters. The summed E-state index contributed by atoms with van der Waals surface area (Å²) in [5.74, 6) is -1.38. The monoisotopic (exact) mass is 260 g/mol. The van der Waals surface area contributed by atoms with E-state index in [4.69, 9.17) is 5.11 Å². The van der Waals surface area contributed by atoms with Crippen molar-refractivity contribution in [2.24, 2.45) is 0 Å². The molecule has 92 valence electrons. The summed E-state index contributed by atoms with van der Waals surface area (Å²) in [4.78, 5) is 20.6. The van der Waals surface area contributed by atoms with E-state index in [0.29, 0.717) is 0 Å². The lowest BCUT2D eigenvalue weighted by atomic mass is 10.1. The van der Waals surface area contributed by atoms with Crippen molar-refractivity contribution >= 4 is 28.2 Å². The minimum Gasteiger partial charge on any atom is -0.478 e. The lowest BCUT2D eigenvalue weighted by Gasteiger charge is -2.06. The Balaban J connectivity index is 3.47. The number of aromatic carboxylic acids is 1. The van der Waals surface area contributed by atoms with E-state index in [1.54, 1.807) is 0 Å². The van der Waals surface area contributed by atoms with Crippen LogP contribution in [-0.2, 0) is 10.9 Å². The molecule has 0 saturated heterocycles. The second-order valence-corrected chi connectivity index (χ2v) is 3.84. The third-order valence-electron chi connectivity index (χ3n) is 2.04. The average molecular weight is 260 g/mol. The van der Waals surface area contributed by atoms with Gasteiger partial charge in [-0.15, -0.1) is 0 Å². The number of carboxylic acid groups (broad SMARTS) is 1. The van der Waals surface area contributed by atoms with E-state index in [1.165, 1.54) is 6.92 Å². The molecule has 8 nitrogen and oxygen atoms in total. The van der Waals surface area contributed by atoms with Crippen molar-refractivity contribution < 1.29 is 23.2 Å². The zero-order valence-electron chi connectivity index (χ0n) is 8.54. The van der Waals surface area contributed by atoms with Gasteiger partial charge in [0, 0.05) is 6.07 Å². The van der Waals surface area contributed by atoms with Gasteiger partial charge in [0.1, 0.15) is 0 Å². The summed E-state index contributed by atoms with van der Waals surface area (Å²) in [5, 5.41) is 19.4. The summed E-state index contributed by atoms with van der Waals surface area (Å²) in [6, 6.07) is 1.90. The van der Waals surface area contributed by atoms with E-state index >= 15 is 0 Å². The maximum Gasteiger partial charge on any atom is 0.336 e. The topological polar surface area (TPSA) is 127 Å². The molecule has 1 aromatic carbocycles. The number of carboxylic acids is 1. The minimum absolute atomic E-state index is 0.0548. The molecule has 0 atom stereocenters. The van der Waals surface area contributed by atoms with E-state index in [-0.39, 0.29) is 16.8 Å². The predicted octanol–water partition coefficient (Wildman–Crippen LogP) is 0.540. The normalized spacial score (nSPS) is 10.2. The van der Waals surface area contributed by atoms with E-state index in [0.717, 1.165) is 12.1 Å². The lowest BCUT2D eigenvalue weighted by Crippen LogP contribution is -2.05. The van der Waals surface area contributed by atoms with Crippen molar-refractivity contribution in [3.63, 3.8) is 0 Å². The highest BCUT2D eigenvalue weighted by Gasteiger charge is 2.19. The molecule has 0 amide bonds. The van der Waals surface area contributed by atoms with Crippen LogP contribution in [0.5, 0.6) is 0 Å². The predicted molar refractivity (Wildman–Crippen MR) is 58.7 cm³/mol. The number of nitrogens with zero attached hydrogens (tertiary/aromatic N) is 1. The Morgan fingerprint density at radius 3 is 2.47 bits per heavy atom. The molecule has 0 aromatic heterocycles. The minimum atomic E-state index is -3.02. The fourth-order valence-electron chi connectivity index (χ4n) is 1.23. The quantitative estimate of drug-likeness (QED) is 0.412. The molecular formula is C8H8N2O6S. The van der Waals surface area contributed by atoms with Gasteiger partial charge < -0.3 is 5.11 Å². The Kier molecular flexibility index (Phi) is 3.63. The van der Waals surface area contributed by atoms with Gasteiger partial charge in [-0.2, -0.15) is 0 Å². The highest BCUT2D eigenvalue weighted by atomic mass is 32.2. The highest BCUT2D eigenvalue weighted by Crippen LogP contribution is 2.27. The summed E-state index contributed by atoms with van der Waals surface area (Å²) in [6.07, 6.45) is 0. The van der Waals surface area contributed by atoms with Crippen molar-refractivity contribution in [1.29, 1.82) is 0 Å². The van der Waals surface area contributed by atoms with E-state index in [2.05, 4.69) is 0 Å². The first-order chi connectivity index (χ1) is 7.82. The Labute approximate surface area is 97.1 Å². The maximum atomic E-state index is 10.7. The number of thiol groups is 1. The van der Waals surface area contributed by atoms with Gasteiger partial charge in [-0.25, -0.2) is 13.2 Å². The molecule has 0 fully saturated rings. The van der Waals surface area contributed by atoms with Gasteiger partial charge >= 0.3 is 5.97 Å². The lowest BCUT2D eigenvalue weighted by molar-refractivity contribution is -0.385. The van der Waals surface area contributed by atoms with Gasteiger partial charge in [0.25, 0.3) is 5.69 Å². The van der Waals surface area contributed by atoms with Crippen LogP contribution < -0.4 is 4.72 Å². The molecule has 0 radical (unpaired) electrons. The summed E-state index contributed by atoms with van der Waals surface area (Å²) in [5.41, 5.74) is -0.877. The van der Waals surface area contributed by atoms with Gasteiger partial charge in [-0.3, -0.25) is 14.8 Å². The van der Waals surface area contributed by atoms with Gasteiger partial charge in [-0.1, -0.05) is 0 Å². The Bertz CT molecular complexity index is 557. The van der Waals surface area contributed by atoms with Crippen molar-refractivity contribution in [2.45, 2.75) is 6.92 Å². The second kappa shape index (κ2) is 4.78. The molecule has 1 aromatic rings. The van der Waals surface area contributed by atoms with Crippen LogP contribution >= 0.6 is 0 Å². The molecule has 0 saturated carbocycles. The number of nitro benzene ring substituents is 1. The fraction of sp³-hybridized carbons (Fsp3) is 0.125. The van der Waals surface area contributed by atoms with Crippen LogP contribution in [0.3, 0.4) is 0 Å². The largest absolute Gasteiger partial charge is 0.478 e. The van der Waals surface area contributed by atoms with Crippen molar-refractivity contribution in [1.82, 2.24) is 0 Å². The molecule has 2 N–H and O–H groups in total. The number of anilines is 1. The fourth-order valence-corrected chi connectivity index (χ4v) is 1.66. The van der Waals surface area contributed by atoms with Gasteiger partial charge in [0.15, 0.2) is 0 Å². The molecule has 9 heteroatoms. The molecule has 0 spiro atoms. The van der Waals surface area contributed by atoms with Gasteiger partial charge in [-0.05, 0) is 13.0 Å². The van der Waals surface area contributed by atoms with Crippen LogP contribution in [0, 0.1) is 17.0 Å². The van der Waals surface area contributed by atoms with Crippen LogP contribution in [-0.4, -0.2) is 24.4 Å². The average Bonchev–Trinajstić information content (AvgIpc) is 2.19. The molecule has 17 heavy (non-hydrogen) atoms. The van der Waals surface area contributed by atoms with Crippen LogP contribution in [0.1, 0.15) is 15.9 Å². The molecule has 0 bridgehead atoms. The zero-order valence-corrected chi connectivity index (χ0v) is 9.43. The van der Waals surface area contributed by atoms with Crippen molar-refractivity contribution in [3.05, 3.63) is 33.4 Å². The van der Waals surface area contributed by atoms with Crippen LogP contribution in [0.25, 0.3) is 0 Å². The maximum absolute atomic E-state index is 10.7. The number of nitrogens with one attached hydrogen (secondary N) is 1. The van der Waals surface area contributed by atoms with E-state index in [9.17, 15) is 23.3 Å². The van der Waals surface area contributed by atoms with Crippen LogP contribution in [0.2, 0.25) is 0 Å². The number of rotatable bonds is 4. The van der Waals surface area contributed by atoms with Gasteiger partial charge in [0.2, 0.25) is 10.9 Å². The first-order valence-corrected chi connectivity index (χ1v) is 5.44. The Morgan fingerprint density at radius 2 is 2.06 bits per heavy atom. The standard InChI is InChI=1S/C8H8N2O6S/c1-4-6(9-17(15)16)2-5(8(11)12)3-7(4)10(13)14/h2-3,17H,1H3,(H,11,12)(H,9,15,16). The summed E-state index contributed by atoms with van der Waals surface area (Å²) in [6.45, 7) is 1.32. The smallest absolute Gasteiger partial charge is 0.336 e. The van der Waals surface area contributed by atoms with E-state index < -0.39 is 27.5 Å². The third-order valence-corrected chi connectivity index (χ3v) is 2.46. The van der Waals surface area contributed by atoms with Crippen molar-refractivity contribution in [3.8, 4) is 0 Å². The first-order valence-electron chi connectivity index (χ1n) is 4.26. The summed E-state index contributed by atoms with van der Waals surface area (Å²) >= 11 is 0. The van der Waals surface area contributed by atoms with Crippen molar-refractivity contribution in [2.75, 3.05) is 4.72 Å². The number of benzene rings is 1. The SMILES string of the molecule is Cc1c(N[SH](=O)=O)cc(C(=O)O)cc1[N+](=O)[O-]. The number of carbonyl (C=O) groups is 1. The van der Waals surface area contributed by atoms with Crippen LogP contribution in [0.15, 0.2) is 12.1 Å². The number of hydrogen-bond acceptors (Lipinski definition) is 5. The Hall–Kier alpha value is -2.16. The molecule has 0 heterocycles. The number of nitro groups is 1. The summed E-state index contributed by atoms with van der Waals surface area (Å²) < 4.78 is 22.9. The second-order valence-electron chi connectivity index (χ2n) is 3.10. The number of hydrogen-bond donors (Lipinski definition) is 3. The summed E-state index contributed by atoms with van der Waals surface area (Å²) in [7, 11) is -3.02. The van der Waals surface area contributed by atoms with Crippen LogP contribution in [0.4, 0.5) is 11.4 Å². The molecule has 0 aliphatic rings. The molecule has 0 aliphatic carbocycles. The van der Waals surface area contributed by atoms with Gasteiger partial charge in [0.05, 0.1) is 21.7 Å². The van der Waals surface area contributed by atoms with E-state index in [1.807, 2.05) is 4.72 Å². The highest BCUT2D eigenvalue weighted by molar-refractivity contribution is 7.73. The molecule has 0 aliphatic heterocycles. The molecular weight excluding hydrogens is 252 g/mol.